The molecule has 0 spiro atoms. The fraction of sp³-hybridized carbons (Fsp3) is 0.240. The van der Waals surface area contributed by atoms with Crippen LogP contribution in [0.4, 0.5) is 0 Å². The largest absolute Gasteiger partial charge is 0.495 e. The number of thioether (sulfide) groups is 1. The second-order valence-corrected chi connectivity index (χ2v) is 11.8. The van der Waals surface area contributed by atoms with E-state index >= 15 is 0 Å². The summed E-state index contributed by atoms with van der Waals surface area (Å²) in [5, 5.41) is 0. The molecule has 2 heterocycles. The SMILES string of the molecule is CCOC(=O)C1=C(C)N=c2s/c(=C\c3cc(I)c(OC)c(I)c3)c(=O)n2[C@H]1c1ccc(SC)cc1. The van der Waals surface area contributed by atoms with Crippen molar-refractivity contribution in [3.63, 3.8) is 0 Å². The number of ether oxygens (including phenoxy) is 2. The van der Waals surface area contributed by atoms with Crippen LogP contribution in [0.5, 0.6) is 5.75 Å². The molecule has 0 N–H and O–H groups in total. The highest BCUT2D eigenvalue weighted by molar-refractivity contribution is 14.1. The molecule has 10 heteroatoms. The number of fused-ring (bicyclic) bond motifs is 1. The number of halogens is 2. The minimum absolute atomic E-state index is 0.192. The molecule has 0 radical (unpaired) electrons. The average molecular weight is 732 g/mol. The van der Waals surface area contributed by atoms with Crippen molar-refractivity contribution in [2.24, 2.45) is 4.99 Å². The summed E-state index contributed by atoms with van der Waals surface area (Å²) in [7, 11) is 1.65. The Labute approximate surface area is 238 Å². The van der Waals surface area contributed by atoms with Crippen LogP contribution >= 0.6 is 68.3 Å². The predicted octanol–water partition coefficient (Wildman–Crippen LogP) is 4.74. The van der Waals surface area contributed by atoms with Crippen molar-refractivity contribution >= 4 is 80.3 Å². The number of benzene rings is 2. The van der Waals surface area contributed by atoms with Gasteiger partial charge in [0.25, 0.3) is 5.56 Å². The van der Waals surface area contributed by atoms with Gasteiger partial charge in [0.2, 0.25) is 0 Å². The fourth-order valence-corrected chi connectivity index (χ4v) is 7.61. The lowest BCUT2D eigenvalue weighted by molar-refractivity contribution is -0.139. The molecule has 0 bridgehead atoms. The molecular formula is C25H22I2N2O4S2. The average Bonchev–Trinajstić information content (AvgIpc) is 3.12. The molecule has 0 unspecified atom stereocenters. The number of hydrogen-bond acceptors (Lipinski definition) is 7. The van der Waals surface area contributed by atoms with E-state index in [9.17, 15) is 9.59 Å². The molecule has 0 saturated carbocycles. The molecule has 1 aromatic heterocycles. The molecule has 0 fully saturated rings. The van der Waals surface area contributed by atoms with E-state index in [1.807, 2.05) is 48.7 Å². The monoisotopic (exact) mass is 732 g/mol. The number of carbonyl (C=O) groups is 1. The molecule has 3 aromatic rings. The van der Waals surface area contributed by atoms with Gasteiger partial charge in [0.05, 0.1) is 42.7 Å². The topological polar surface area (TPSA) is 69.9 Å². The summed E-state index contributed by atoms with van der Waals surface area (Å²) >= 11 is 7.41. The van der Waals surface area contributed by atoms with Crippen molar-refractivity contribution in [3.05, 3.63) is 85.6 Å². The zero-order valence-corrected chi connectivity index (χ0v) is 25.4. The van der Waals surface area contributed by atoms with Crippen molar-refractivity contribution in [2.75, 3.05) is 20.0 Å². The van der Waals surface area contributed by atoms with E-state index in [4.69, 9.17) is 9.47 Å². The molecule has 4 rings (SSSR count). The van der Waals surface area contributed by atoms with Crippen molar-refractivity contribution in [2.45, 2.75) is 24.8 Å². The molecule has 1 aliphatic rings. The van der Waals surface area contributed by atoms with Crippen LogP contribution in [0.2, 0.25) is 0 Å². The van der Waals surface area contributed by atoms with Gasteiger partial charge in [-0.1, -0.05) is 23.5 Å². The molecule has 1 aliphatic heterocycles. The van der Waals surface area contributed by atoms with Crippen molar-refractivity contribution in [1.29, 1.82) is 0 Å². The summed E-state index contributed by atoms with van der Waals surface area (Å²) in [6, 6.07) is 11.3. The summed E-state index contributed by atoms with van der Waals surface area (Å²) < 4.78 is 14.9. The van der Waals surface area contributed by atoms with Gasteiger partial charge >= 0.3 is 5.97 Å². The highest BCUT2D eigenvalue weighted by atomic mass is 127. The van der Waals surface area contributed by atoms with Crippen LogP contribution in [0, 0.1) is 7.14 Å². The van der Waals surface area contributed by atoms with E-state index in [-0.39, 0.29) is 12.2 Å². The Hall–Kier alpha value is -1.64. The highest BCUT2D eigenvalue weighted by Crippen LogP contribution is 2.32. The van der Waals surface area contributed by atoms with Crippen molar-refractivity contribution < 1.29 is 14.3 Å². The quantitative estimate of drug-likeness (QED) is 0.208. The maximum atomic E-state index is 13.7. The summed E-state index contributed by atoms with van der Waals surface area (Å²) in [4.78, 5) is 33.0. The molecule has 0 aliphatic carbocycles. The molecule has 0 saturated heterocycles. The van der Waals surface area contributed by atoms with Crippen LogP contribution in [-0.2, 0) is 9.53 Å². The Morgan fingerprint density at radius 3 is 2.46 bits per heavy atom. The summed E-state index contributed by atoms with van der Waals surface area (Å²) in [5.41, 5.74) is 2.48. The zero-order chi connectivity index (χ0) is 25.3. The lowest BCUT2D eigenvalue weighted by Gasteiger charge is -2.24. The third-order valence-corrected chi connectivity index (χ3v) is 8.80. The molecule has 2 aromatic carbocycles. The first-order valence-corrected chi connectivity index (χ1v) is 14.9. The maximum Gasteiger partial charge on any atom is 0.338 e. The number of thiazole rings is 1. The second kappa shape index (κ2) is 11.2. The minimum Gasteiger partial charge on any atom is -0.495 e. The van der Waals surface area contributed by atoms with E-state index in [0.29, 0.717) is 20.6 Å². The Balaban J connectivity index is 1.93. The van der Waals surface area contributed by atoms with Gasteiger partial charge < -0.3 is 9.47 Å². The van der Waals surface area contributed by atoms with Crippen LogP contribution in [0.25, 0.3) is 6.08 Å². The van der Waals surface area contributed by atoms with Crippen LogP contribution < -0.4 is 19.6 Å². The standard InChI is InChI=1S/C25H22I2N2O4S2/c1-5-33-24(31)20-13(2)28-25-29(21(20)15-6-8-16(34-4)9-7-15)23(30)19(35-25)12-14-10-17(26)22(32-3)18(27)11-14/h6-12,21H,5H2,1-4H3/b19-12-/t21-/m0/s1. The Morgan fingerprint density at radius 2 is 1.89 bits per heavy atom. The third-order valence-electron chi connectivity index (χ3n) is 5.47. The van der Waals surface area contributed by atoms with Gasteiger partial charge in [-0.2, -0.15) is 0 Å². The smallest absolute Gasteiger partial charge is 0.338 e. The zero-order valence-electron chi connectivity index (χ0n) is 19.4. The Bertz CT molecular complexity index is 1480. The fourth-order valence-electron chi connectivity index (χ4n) is 3.90. The number of nitrogens with zero attached hydrogens (tertiary/aromatic N) is 2. The van der Waals surface area contributed by atoms with E-state index in [2.05, 4.69) is 50.2 Å². The van der Waals surface area contributed by atoms with Crippen LogP contribution in [-0.4, -0.2) is 30.5 Å². The number of hydrogen-bond donors (Lipinski definition) is 0. The molecule has 1 atom stereocenters. The Morgan fingerprint density at radius 1 is 1.23 bits per heavy atom. The predicted molar refractivity (Wildman–Crippen MR) is 157 cm³/mol. The summed E-state index contributed by atoms with van der Waals surface area (Å²) in [5.74, 6) is 0.356. The molecule has 182 valence electrons. The maximum absolute atomic E-state index is 13.7. The van der Waals surface area contributed by atoms with Gasteiger partial charge in [-0.3, -0.25) is 9.36 Å². The third kappa shape index (κ3) is 5.25. The molecular weight excluding hydrogens is 710 g/mol. The van der Waals surface area contributed by atoms with E-state index in [1.165, 1.54) is 11.3 Å². The first-order valence-electron chi connectivity index (χ1n) is 10.7. The summed E-state index contributed by atoms with van der Waals surface area (Å²) in [6.07, 6.45) is 3.87. The van der Waals surface area contributed by atoms with Crippen LogP contribution in [0.1, 0.15) is 31.0 Å². The highest BCUT2D eigenvalue weighted by Gasteiger charge is 2.33. The first-order chi connectivity index (χ1) is 16.8. The van der Waals surface area contributed by atoms with Gasteiger partial charge in [-0.25, -0.2) is 9.79 Å². The van der Waals surface area contributed by atoms with Crippen molar-refractivity contribution in [3.8, 4) is 5.75 Å². The number of carbonyl (C=O) groups excluding carboxylic acids is 1. The number of methoxy groups -OCH3 is 1. The van der Waals surface area contributed by atoms with Gasteiger partial charge in [-0.15, -0.1) is 11.8 Å². The lowest BCUT2D eigenvalue weighted by Crippen LogP contribution is -2.39. The summed E-state index contributed by atoms with van der Waals surface area (Å²) in [6.45, 7) is 3.80. The van der Waals surface area contributed by atoms with Gasteiger partial charge in [0, 0.05) is 4.90 Å². The van der Waals surface area contributed by atoms with E-state index in [0.717, 1.165) is 28.9 Å². The molecule has 35 heavy (non-hydrogen) atoms. The molecule has 0 amide bonds. The van der Waals surface area contributed by atoms with Crippen molar-refractivity contribution in [1.82, 2.24) is 4.57 Å². The number of esters is 1. The minimum atomic E-state index is -0.612. The van der Waals surface area contributed by atoms with Gasteiger partial charge in [0.1, 0.15) is 5.75 Å². The van der Waals surface area contributed by atoms with Gasteiger partial charge in [0.15, 0.2) is 4.80 Å². The van der Waals surface area contributed by atoms with Crippen LogP contribution in [0.15, 0.2) is 62.4 Å². The second-order valence-electron chi connectivity index (χ2n) is 7.59. The number of allylic oxidation sites excluding steroid dienone is 1. The number of rotatable bonds is 6. The van der Waals surface area contributed by atoms with E-state index < -0.39 is 12.0 Å². The van der Waals surface area contributed by atoms with Gasteiger partial charge in [-0.05, 0) is 107 Å². The number of aromatic nitrogens is 1. The normalized spacial score (nSPS) is 15.6. The van der Waals surface area contributed by atoms with E-state index in [1.54, 1.807) is 37.3 Å². The lowest BCUT2D eigenvalue weighted by atomic mass is 9.96. The first kappa shape index (κ1) is 26.4. The Kier molecular flexibility index (Phi) is 8.44. The van der Waals surface area contributed by atoms with Crippen LogP contribution in [0.3, 0.4) is 0 Å². The molecule has 6 nitrogen and oxygen atoms in total.